The Morgan fingerprint density at radius 2 is 2.04 bits per heavy atom. The molecule has 0 aliphatic carbocycles. The lowest BCUT2D eigenvalue weighted by atomic mass is 9.97. The molecule has 0 bridgehead atoms. The van der Waals surface area contributed by atoms with Crippen LogP contribution in [0.15, 0.2) is 28.8 Å². The van der Waals surface area contributed by atoms with Crippen molar-refractivity contribution in [1.29, 1.82) is 0 Å². The van der Waals surface area contributed by atoms with Gasteiger partial charge in [-0.25, -0.2) is 4.79 Å². The molecule has 0 radical (unpaired) electrons. The van der Waals surface area contributed by atoms with Crippen molar-refractivity contribution in [2.24, 2.45) is 0 Å². The van der Waals surface area contributed by atoms with Gasteiger partial charge in [-0.3, -0.25) is 9.69 Å². The maximum absolute atomic E-state index is 13.2. The molecule has 1 amide bonds. The van der Waals surface area contributed by atoms with E-state index in [1.54, 1.807) is 11.8 Å². The van der Waals surface area contributed by atoms with Gasteiger partial charge in [-0.05, 0) is 32.4 Å². The summed E-state index contributed by atoms with van der Waals surface area (Å²) in [5.41, 5.74) is 3.19. The first-order chi connectivity index (χ1) is 11.5. The molecule has 0 fully saturated rings. The van der Waals surface area contributed by atoms with Crippen molar-refractivity contribution >= 4 is 17.6 Å². The number of methoxy groups -OCH3 is 1. The van der Waals surface area contributed by atoms with Crippen LogP contribution in [0.2, 0.25) is 0 Å². The van der Waals surface area contributed by atoms with E-state index >= 15 is 0 Å². The molecule has 2 unspecified atom stereocenters. The van der Waals surface area contributed by atoms with Crippen LogP contribution in [0.3, 0.4) is 0 Å². The fourth-order valence-electron chi connectivity index (χ4n) is 3.42. The zero-order chi connectivity index (χ0) is 17.4. The zero-order valence-electron chi connectivity index (χ0n) is 14.2. The molecule has 2 aromatic rings. The number of carbonyl (C=O) groups excluding carboxylic acids is 2. The van der Waals surface area contributed by atoms with Crippen molar-refractivity contribution in [3.8, 4) is 0 Å². The number of hydrogen-bond acceptors (Lipinski definition) is 5. The number of aryl methyl sites for hydroxylation is 2. The first-order valence-corrected chi connectivity index (χ1v) is 7.87. The fourth-order valence-corrected chi connectivity index (χ4v) is 3.42. The minimum atomic E-state index is -0.636. The van der Waals surface area contributed by atoms with Gasteiger partial charge in [0.15, 0.2) is 0 Å². The Morgan fingerprint density at radius 3 is 2.67 bits per heavy atom. The molecular formula is C18H20N2O4. The lowest BCUT2D eigenvalue weighted by Gasteiger charge is -2.26. The van der Waals surface area contributed by atoms with Crippen molar-refractivity contribution in [2.75, 3.05) is 12.0 Å². The minimum Gasteiger partial charge on any atom is -0.467 e. The fraction of sp³-hybridized carbons (Fsp3) is 0.389. The SMILES string of the molecule is COC(=O)C1Cc2ccccc2N1C(=O)C(C)c1c(C)noc1C. The smallest absolute Gasteiger partial charge is 0.329 e. The van der Waals surface area contributed by atoms with Crippen LogP contribution in [0, 0.1) is 13.8 Å². The van der Waals surface area contributed by atoms with Gasteiger partial charge in [-0.2, -0.15) is 0 Å². The second-order valence-corrected chi connectivity index (χ2v) is 6.04. The average molecular weight is 328 g/mol. The highest BCUT2D eigenvalue weighted by atomic mass is 16.5. The highest BCUT2D eigenvalue weighted by molar-refractivity contribution is 6.05. The molecule has 3 rings (SSSR count). The van der Waals surface area contributed by atoms with Crippen molar-refractivity contribution in [3.63, 3.8) is 0 Å². The largest absolute Gasteiger partial charge is 0.467 e. The van der Waals surface area contributed by atoms with Crippen LogP contribution in [0.4, 0.5) is 5.69 Å². The summed E-state index contributed by atoms with van der Waals surface area (Å²) in [5, 5.41) is 3.92. The third-order valence-electron chi connectivity index (χ3n) is 4.58. The topological polar surface area (TPSA) is 72.6 Å². The van der Waals surface area contributed by atoms with E-state index in [2.05, 4.69) is 5.16 Å². The molecule has 0 N–H and O–H groups in total. The summed E-state index contributed by atoms with van der Waals surface area (Å²) < 4.78 is 10.1. The van der Waals surface area contributed by atoms with Crippen LogP contribution in [0.25, 0.3) is 0 Å². The predicted octanol–water partition coefficient (Wildman–Crippen LogP) is 2.53. The number of fused-ring (bicyclic) bond motifs is 1. The van der Waals surface area contributed by atoms with Gasteiger partial charge < -0.3 is 9.26 Å². The summed E-state index contributed by atoms with van der Waals surface area (Å²) in [7, 11) is 1.34. The summed E-state index contributed by atoms with van der Waals surface area (Å²) >= 11 is 0. The second kappa shape index (κ2) is 6.11. The number of rotatable bonds is 3. The molecule has 2 heterocycles. The summed E-state index contributed by atoms with van der Waals surface area (Å²) in [5.74, 6) is -0.416. The number of para-hydroxylation sites is 1. The molecule has 2 atom stereocenters. The van der Waals surface area contributed by atoms with Crippen LogP contribution < -0.4 is 4.90 Å². The highest BCUT2D eigenvalue weighted by Gasteiger charge is 2.41. The van der Waals surface area contributed by atoms with E-state index in [9.17, 15) is 9.59 Å². The van der Waals surface area contributed by atoms with Crippen LogP contribution in [0.1, 0.15) is 35.4 Å². The van der Waals surface area contributed by atoms with Gasteiger partial charge in [0.2, 0.25) is 5.91 Å². The number of esters is 1. The van der Waals surface area contributed by atoms with E-state index in [-0.39, 0.29) is 5.91 Å². The number of carbonyl (C=O) groups is 2. The van der Waals surface area contributed by atoms with Gasteiger partial charge in [0.05, 0.1) is 18.7 Å². The van der Waals surface area contributed by atoms with Gasteiger partial charge in [0.25, 0.3) is 0 Å². The number of hydrogen-bond donors (Lipinski definition) is 0. The molecular weight excluding hydrogens is 308 g/mol. The molecule has 24 heavy (non-hydrogen) atoms. The van der Waals surface area contributed by atoms with Crippen molar-refractivity contribution in [2.45, 2.75) is 39.2 Å². The molecule has 0 spiro atoms. The summed E-state index contributed by atoms with van der Waals surface area (Å²) in [6.45, 7) is 5.41. The Hall–Kier alpha value is -2.63. The lowest BCUT2D eigenvalue weighted by Crippen LogP contribution is -2.45. The van der Waals surface area contributed by atoms with E-state index in [1.807, 2.05) is 38.1 Å². The van der Waals surface area contributed by atoms with E-state index < -0.39 is 17.9 Å². The quantitative estimate of drug-likeness (QED) is 0.810. The van der Waals surface area contributed by atoms with E-state index in [0.717, 1.165) is 16.8 Å². The molecule has 1 aliphatic rings. The minimum absolute atomic E-state index is 0.162. The third-order valence-corrected chi connectivity index (χ3v) is 4.58. The molecule has 126 valence electrons. The first-order valence-electron chi connectivity index (χ1n) is 7.87. The van der Waals surface area contributed by atoms with E-state index in [4.69, 9.17) is 9.26 Å². The highest BCUT2D eigenvalue weighted by Crippen LogP contribution is 2.36. The Balaban J connectivity index is 2.01. The first kappa shape index (κ1) is 16.2. The Morgan fingerprint density at radius 1 is 1.33 bits per heavy atom. The molecule has 6 heteroatoms. The number of benzene rings is 1. The second-order valence-electron chi connectivity index (χ2n) is 6.04. The molecule has 6 nitrogen and oxygen atoms in total. The number of anilines is 1. The van der Waals surface area contributed by atoms with E-state index in [0.29, 0.717) is 17.9 Å². The van der Waals surface area contributed by atoms with Crippen LogP contribution >= 0.6 is 0 Å². The van der Waals surface area contributed by atoms with Gasteiger partial charge >= 0.3 is 5.97 Å². The predicted molar refractivity (Wildman–Crippen MR) is 87.8 cm³/mol. The van der Waals surface area contributed by atoms with Crippen LogP contribution in [-0.4, -0.2) is 30.2 Å². The van der Waals surface area contributed by atoms with Crippen LogP contribution in [-0.2, 0) is 20.7 Å². The van der Waals surface area contributed by atoms with Crippen molar-refractivity contribution in [3.05, 3.63) is 46.8 Å². The van der Waals surface area contributed by atoms with Gasteiger partial charge in [0, 0.05) is 17.7 Å². The third kappa shape index (κ3) is 2.48. The Labute approximate surface area is 140 Å². The Kier molecular flexibility index (Phi) is 4.13. The standard InChI is InChI=1S/C18H20N2O4/c1-10(16-11(2)19-24-12(16)3)17(21)20-14-8-6-5-7-13(14)9-15(20)18(22)23-4/h5-8,10,15H,9H2,1-4H3. The average Bonchev–Trinajstić information content (AvgIpc) is 3.13. The molecule has 1 aliphatic heterocycles. The van der Waals surface area contributed by atoms with Crippen molar-refractivity contribution < 1.29 is 18.8 Å². The summed E-state index contributed by atoms with van der Waals surface area (Å²) in [6, 6.07) is 6.91. The summed E-state index contributed by atoms with van der Waals surface area (Å²) in [4.78, 5) is 26.9. The lowest BCUT2D eigenvalue weighted by molar-refractivity contribution is -0.143. The maximum Gasteiger partial charge on any atom is 0.329 e. The number of aromatic nitrogens is 1. The van der Waals surface area contributed by atoms with Gasteiger partial charge in [-0.1, -0.05) is 23.4 Å². The molecule has 0 saturated carbocycles. The normalized spacial score (nSPS) is 17.5. The Bertz CT molecular complexity index is 777. The van der Waals surface area contributed by atoms with Gasteiger partial charge in [-0.15, -0.1) is 0 Å². The number of nitrogens with zero attached hydrogens (tertiary/aromatic N) is 2. The monoisotopic (exact) mass is 328 g/mol. The maximum atomic E-state index is 13.2. The number of ether oxygens (including phenoxy) is 1. The molecule has 0 saturated heterocycles. The van der Waals surface area contributed by atoms with Crippen LogP contribution in [0.5, 0.6) is 0 Å². The van der Waals surface area contributed by atoms with E-state index in [1.165, 1.54) is 7.11 Å². The summed E-state index contributed by atoms with van der Waals surface area (Å²) in [6.07, 6.45) is 0.461. The number of amides is 1. The van der Waals surface area contributed by atoms with Crippen molar-refractivity contribution in [1.82, 2.24) is 5.16 Å². The zero-order valence-corrected chi connectivity index (χ0v) is 14.2. The molecule has 1 aromatic heterocycles. The molecule has 1 aromatic carbocycles. The van der Waals surface area contributed by atoms with Gasteiger partial charge in [0.1, 0.15) is 11.8 Å².